The summed E-state index contributed by atoms with van der Waals surface area (Å²) < 4.78 is 24.6. The Balaban J connectivity index is 1.92. The number of nitrogens with one attached hydrogen (secondary N) is 1. The van der Waals surface area contributed by atoms with Crippen molar-refractivity contribution in [2.24, 2.45) is 5.41 Å². The summed E-state index contributed by atoms with van der Waals surface area (Å²) in [4.78, 5) is 0. The third-order valence-corrected chi connectivity index (χ3v) is 7.11. The van der Waals surface area contributed by atoms with Gasteiger partial charge in [-0.1, -0.05) is 28.1 Å². The zero-order chi connectivity index (χ0) is 14.2. The summed E-state index contributed by atoms with van der Waals surface area (Å²) in [6.45, 7) is 1.96. The number of sulfone groups is 1. The second-order valence-electron chi connectivity index (χ2n) is 6.08. The average Bonchev–Trinajstić information content (AvgIpc) is 2.43. The van der Waals surface area contributed by atoms with E-state index in [0.717, 1.165) is 36.8 Å². The second-order valence-corrected chi connectivity index (χ2v) is 9.30. The first-order valence-electron chi connectivity index (χ1n) is 7.17. The molecule has 2 saturated heterocycles. The molecule has 1 unspecified atom stereocenters. The van der Waals surface area contributed by atoms with E-state index in [4.69, 9.17) is 0 Å². The van der Waals surface area contributed by atoms with Crippen molar-refractivity contribution in [3.63, 3.8) is 0 Å². The van der Waals surface area contributed by atoms with Crippen molar-refractivity contribution in [2.45, 2.75) is 25.2 Å². The Bertz CT molecular complexity index is 586. The number of piperidine rings is 1. The summed E-state index contributed by atoms with van der Waals surface area (Å²) >= 11 is 3.54. The Morgan fingerprint density at radius 3 is 2.65 bits per heavy atom. The fraction of sp³-hybridized carbons (Fsp3) is 0.600. The van der Waals surface area contributed by atoms with E-state index in [-0.39, 0.29) is 5.41 Å². The number of benzene rings is 1. The largest absolute Gasteiger partial charge is 0.316 e. The highest BCUT2D eigenvalue weighted by Crippen LogP contribution is 2.49. The van der Waals surface area contributed by atoms with Crippen molar-refractivity contribution >= 4 is 25.8 Å². The van der Waals surface area contributed by atoms with Gasteiger partial charge in [-0.3, -0.25) is 0 Å². The Morgan fingerprint density at radius 1 is 1.20 bits per heavy atom. The predicted octanol–water partition coefficient (Wildman–Crippen LogP) is 2.72. The van der Waals surface area contributed by atoms with Gasteiger partial charge in [-0.25, -0.2) is 8.42 Å². The smallest absolute Gasteiger partial charge is 0.150 e. The third-order valence-electron chi connectivity index (χ3n) is 4.96. The zero-order valence-corrected chi connectivity index (χ0v) is 13.8. The van der Waals surface area contributed by atoms with Crippen LogP contribution in [0.25, 0.3) is 0 Å². The molecule has 20 heavy (non-hydrogen) atoms. The summed E-state index contributed by atoms with van der Waals surface area (Å²) in [5.41, 5.74) is 1.49. The van der Waals surface area contributed by atoms with Crippen LogP contribution < -0.4 is 5.32 Å². The molecule has 5 heteroatoms. The van der Waals surface area contributed by atoms with Crippen molar-refractivity contribution in [2.75, 3.05) is 24.6 Å². The summed E-state index contributed by atoms with van der Waals surface area (Å²) in [6.07, 6.45) is 2.71. The lowest BCUT2D eigenvalue weighted by atomic mass is 9.64. The van der Waals surface area contributed by atoms with Gasteiger partial charge in [0, 0.05) is 16.9 Å². The molecule has 0 amide bonds. The van der Waals surface area contributed by atoms with Crippen LogP contribution in [0.3, 0.4) is 0 Å². The van der Waals surface area contributed by atoms with Crippen molar-refractivity contribution in [3.8, 4) is 0 Å². The molecule has 0 saturated carbocycles. The Labute approximate surface area is 129 Å². The molecule has 110 valence electrons. The lowest BCUT2D eigenvalue weighted by Gasteiger charge is -2.47. The molecule has 2 fully saturated rings. The van der Waals surface area contributed by atoms with E-state index in [1.807, 2.05) is 6.07 Å². The highest BCUT2D eigenvalue weighted by Gasteiger charge is 2.45. The van der Waals surface area contributed by atoms with E-state index in [1.165, 1.54) is 5.56 Å². The van der Waals surface area contributed by atoms with Crippen molar-refractivity contribution in [1.29, 1.82) is 0 Å². The standard InChI is InChI=1S/C15H20BrNO2S/c16-13-3-1-2-12(10-13)14-11-17-7-4-15(14)5-8-20(18,19)9-6-15/h1-3,10,14,17H,4-9,11H2. The fourth-order valence-corrected chi connectivity index (χ4v) is 5.77. The fourth-order valence-electron chi connectivity index (χ4n) is 3.71. The maximum absolute atomic E-state index is 11.8. The molecule has 2 heterocycles. The predicted molar refractivity (Wildman–Crippen MR) is 84.7 cm³/mol. The van der Waals surface area contributed by atoms with Gasteiger partial charge in [0.15, 0.2) is 0 Å². The molecule has 3 rings (SSSR count). The second kappa shape index (κ2) is 5.43. The third kappa shape index (κ3) is 2.81. The number of halogens is 1. The molecule has 0 radical (unpaired) electrons. The minimum absolute atomic E-state index is 0.164. The van der Waals surface area contributed by atoms with Gasteiger partial charge in [-0.05, 0) is 48.9 Å². The van der Waals surface area contributed by atoms with Gasteiger partial charge < -0.3 is 5.32 Å². The lowest BCUT2D eigenvalue weighted by Crippen LogP contribution is -2.47. The van der Waals surface area contributed by atoms with E-state index >= 15 is 0 Å². The van der Waals surface area contributed by atoms with E-state index in [1.54, 1.807) is 0 Å². The molecule has 2 aliphatic rings. The first kappa shape index (κ1) is 14.5. The molecule has 0 aromatic heterocycles. The SMILES string of the molecule is O=S1(=O)CCC2(CCNCC2c2cccc(Br)c2)CC1. The van der Waals surface area contributed by atoms with Crippen molar-refractivity contribution in [3.05, 3.63) is 34.3 Å². The topological polar surface area (TPSA) is 46.2 Å². The van der Waals surface area contributed by atoms with Crippen LogP contribution in [0, 0.1) is 5.41 Å². The van der Waals surface area contributed by atoms with Gasteiger partial charge in [0.1, 0.15) is 9.84 Å². The average molecular weight is 358 g/mol. The van der Waals surface area contributed by atoms with Crippen LogP contribution in [0.5, 0.6) is 0 Å². The minimum atomic E-state index is -2.80. The van der Waals surface area contributed by atoms with Gasteiger partial charge in [-0.2, -0.15) is 0 Å². The molecule has 1 aromatic carbocycles. The van der Waals surface area contributed by atoms with Gasteiger partial charge in [0.2, 0.25) is 0 Å². The molecular weight excluding hydrogens is 338 g/mol. The molecule has 0 aliphatic carbocycles. The van der Waals surface area contributed by atoms with Crippen LogP contribution in [-0.2, 0) is 9.84 Å². The van der Waals surface area contributed by atoms with Gasteiger partial charge >= 0.3 is 0 Å². The molecule has 1 N–H and O–H groups in total. The van der Waals surface area contributed by atoms with E-state index in [9.17, 15) is 8.42 Å². The van der Waals surface area contributed by atoms with Crippen molar-refractivity contribution < 1.29 is 8.42 Å². The van der Waals surface area contributed by atoms with Crippen LogP contribution in [0.4, 0.5) is 0 Å². The molecule has 1 spiro atoms. The minimum Gasteiger partial charge on any atom is -0.316 e. The van der Waals surface area contributed by atoms with Crippen LogP contribution >= 0.6 is 15.9 Å². The zero-order valence-electron chi connectivity index (χ0n) is 11.4. The Kier molecular flexibility index (Phi) is 3.95. The van der Waals surface area contributed by atoms with Crippen molar-refractivity contribution in [1.82, 2.24) is 5.32 Å². The molecule has 0 bridgehead atoms. The van der Waals surface area contributed by atoms with Crippen LogP contribution in [-0.4, -0.2) is 33.0 Å². The molecule has 1 aromatic rings. The summed E-state index contributed by atoms with van der Waals surface area (Å²) in [5, 5.41) is 3.48. The normalized spacial score (nSPS) is 28.4. The van der Waals surface area contributed by atoms with Gasteiger partial charge in [0.05, 0.1) is 11.5 Å². The highest BCUT2D eigenvalue weighted by molar-refractivity contribution is 9.10. The highest BCUT2D eigenvalue weighted by atomic mass is 79.9. The maximum Gasteiger partial charge on any atom is 0.150 e. The van der Waals surface area contributed by atoms with Gasteiger partial charge in [-0.15, -0.1) is 0 Å². The number of rotatable bonds is 1. The summed E-state index contributed by atoms with van der Waals surface area (Å²) in [5.74, 6) is 1.14. The first-order valence-corrected chi connectivity index (χ1v) is 9.79. The molecule has 1 atom stereocenters. The van der Waals surface area contributed by atoms with Crippen LogP contribution in [0.1, 0.15) is 30.7 Å². The molecule has 3 nitrogen and oxygen atoms in total. The Morgan fingerprint density at radius 2 is 1.95 bits per heavy atom. The van der Waals surface area contributed by atoms with E-state index in [0.29, 0.717) is 17.4 Å². The number of hydrogen-bond donors (Lipinski definition) is 1. The monoisotopic (exact) mass is 357 g/mol. The molecular formula is C15H20BrNO2S. The van der Waals surface area contributed by atoms with Crippen LogP contribution in [0.2, 0.25) is 0 Å². The van der Waals surface area contributed by atoms with Gasteiger partial charge in [0.25, 0.3) is 0 Å². The number of hydrogen-bond acceptors (Lipinski definition) is 3. The first-order chi connectivity index (χ1) is 9.51. The maximum atomic E-state index is 11.8. The summed E-state index contributed by atoms with van der Waals surface area (Å²) in [6, 6.07) is 8.47. The quantitative estimate of drug-likeness (QED) is 0.840. The summed E-state index contributed by atoms with van der Waals surface area (Å²) in [7, 11) is -2.80. The van der Waals surface area contributed by atoms with Crippen LogP contribution in [0.15, 0.2) is 28.7 Å². The Hall–Kier alpha value is -0.390. The molecule has 2 aliphatic heterocycles. The van der Waals surface area contributed by atoms with E-state index in [2.05, 4.69) is 39.4 Å². The van der Waals surface area contributed by atoms with E-state index < -0.39 is 9.84 Å². The lowest BCUT2D eigenvalue weighted by molar-refractivity contribution is 0.144.